The number of hydrogen-bond acceptors (Lipinski definition) is 5. The zero-order chi connectivity index (χ0) is 22.1. The second-order valence-corrected chi connectivity index (χ2v) is 8.16. The van der Waals surface area contributed by atoms with Crippen LogP contribution >= 0.6 is 15.9 Å². The summed E-state index contributed by atoms with van der Waals surface area (Å²) in [5, 5.41) is 16.4. The number of phenols is 1. The zero-order valence-corrected chi connectivity index (χ0v) is 18.8. The standard InChI is InChI=1S/C22H26BrN3O4/c1-14(2)10-18(25-21(28)13-30-20-7-5-4-6-15(20)3)22(29)26-24-12-16-11-17(23)8-9-19(16)27/h4-9,11-12,14,18,27H,10,13H2,1-3H3,(H,25,28)(H,26,29)/b24-12-/t18-/m0/s1. The van der Waals surface area contributed by atoms with Crippen LogP contribution < -0.4 is 15.5 Å². The summed E-state index contributed by atoms with van der Waals surface area (Å²) in [5.41, 5.74) is 3.79. The molecule has 0 aliphatic rings. The first-order valence-corrected chi connectivity index (χ1v) is 10.3. The van der Waals surface area contributed by atoms with Gasteiger partial charge in [0.2, 0.25) is 0 Å². The van der Waals surface area contributed by atoms with Crippen LogP contribution in [0.1, 0.15) is 31.4 Å². The molecule has 8 heteroatoms. The van der Waals surface area contributed by atoms with E-state index in [4.69, 9.17) is 4.74 Å². The van der Waals surface area contributed by atoms with E-state index in [-0.39, 0.29) is 18.3 Å². The number of nitrogens with zero attached hydrogens (tertiary/aromatic N) is 1. The van der Waals surface area contributed by atoms with E-state index in [2.05, 4.69) is 31.8 Å². The summed E-state index contributed by atoms with van der Waals surface area (Å²) in [5.74, 6) is -0.00434. The first-order chi connectivity index (χ1) is 14.3. The SMILES string of the molecule is Cc1ccccc1OCC(=O)N[C@@H](CC(C)C)C(=O)N/N=C\c1cc(Br)ccc1O. The van der Waals surface area contributed by atoms with E-state index in [0.29, 0.717) is 17.7 Å². The number of benzene rings is 2. The Morgan fingerprint density at radius 1 is 1.23 bits per heavy atom. The third-order valence-corrected chi connectivity index (χ3v) is 4.67. The molecule has 0 saturated carbocycles. The van der Waals surface area contributed by atoms with Crippen LogP contribution in [0.4, 0.5) is 0 Å². The minimum absolute atomic E-state index is 0.0385. The largest absolute Gasteiger partial charge is 0.507 e. The molecule has 30 heavy (non-hydrogen) atoms. The number of nitrogens with one attached hydrogen (secondary N) is 2. The molecule has 7 nitrogen and oxygen atoms in total. The van der Waals surface area contributed by atoms with Crippen LogP contribution in [-0.2, 0) is 9.59 Å². The van der Waals surface area contributed by atoms with Crippen LogP contribution in [0.3, 0.4) is 0 Å². The van der Waals surface area contributed by atoms with Gasteiger partial charge in [0.15, 0.2) is 6.61 Å². The van der Waals surface area contributed by atoms with Crippen molar-refractivity contribution < 1.29 is 19.4 Å². The summed E-state index contributed by atoms with van der Waals surface area (Å²) in [7, 11) is 0. The summed E-state index contributed by atoms with van der Waals surface area (Å²) in [6, 6.07) is 11.5. The topological polar surface area (TPSA) is 100 Å². The van der Waals surface area contributed by atoms with Crippen molar-refractivity contribution in [2.24, 2.45) is 11.0 Å². The lowest BCUT2D eigenvalue weighted by atomic mass is 10.0. The highest BCUT2D eigenvalue weighted by Gasteiger charge is 2.22. The molecule has 0 saturated heterocycles. The highest BCUT2D eigenvalue weighted by Crippen LogP contribution is 2.20. The van der Waals surface area contributed by atoms with Gasteiger partial charge in [-0.3, -0.25) is 9.59 Å². The lowest BCUT2D eigenvalue weighted by Gasteiger charge is -2.19. The first-order valence-electron chi connectivity index (χ1n) is 9.55. The highest BCUT2D eigenvalue weighted by molar-refractivity contribution is 9.10. The number of phenolic OH excluding ortho intramolecular Hbond substituents is 1. The molecule has 1 atom stereocenters. The number of carbonyl (C=O) groups is 2. The number of ether oxygens (including phenoxy) is 1. The predicted molar refractivity (Wildman–Crippen MR) is 120 cm³/mol. The number of carbonyl (C=O) groups excluding carboxylic acids is 2. The quantitative estimate of drug-likeness (QED) is 0.381. The summed E-state index contributed by atoms with van der Waals surface area (Å²) in [6.45, 7) is 5.61. The fraction of sp³-hybridized carbons (Fsp3) is 0.318. The van der Waals surface area contributed by atoms with E-state index in [1.165, 1.54) is 12.3 Å². The van der Waals surface area contributed by atoms with Crippen LogP contribution in [0.2, 0.25) is 0 Å². The molecule has 3 N–H and O–H groups in total. The normalized spacial score (nSPS) is 12.0. The molecular formula is C22H26BrN3O4. The summed E-state index contributed by atoms with van der Waals surface area (Å²) in [6.07, 6.45) is 1.78. The second-order valence-electron chi connectivity index (χ2n) is 7.24. The van der Waals surface area contributed by atoms with Gasteiger partial charge >= 0.3 is 0 Å². The summed E-state index contributed by atoms with van der Waals surface area (Å²) < 4.78 is 6.31. The van der Waals surface area contributed by atoms with Crippen molar-refractivity contribution in [2.75, 3.05) is 6.61 Å². The van der Waals surface area contributed by atoms with Gasteiger partial charge in [-0.2, -0.15) is 5.10 Å². The lowest BCUT2D eigenvalue weighted by molar-refractivity contribution is -0.130. The van der Waals surface area contributed by atoms with Gasteiger partial charge in [-0.1, -0.05) is 48.0 Å². The van der Waals surface area contributed by atoms with Crippen LogP contribution in [0, 0.1) is 12.8 Å². The molecule has 0 aliphatic heterocycles. The molecule has 0 spiro atoms. The number of hydrogen-bond donors (Lipinski definition) is 3. The van der Waals surface area contributed by atoms with E-state index < -0.39 is 17.9 Å². The molecule has 2 rings (SSSR count). The minimum atomic E-state index is -0.758. The van der Waals surface area contributed by atoms with Gasteiger partial charge in [-0.25, -0.2) is 5.43 Å². The van der Waals surface area contributed by atoms with Crippen molar-refractivity contribution in [1.82, 2.24) is 10.7 Å². The van der Waals surface area contributed by atoms with Crippen LogP contribution in [0.15, 0.2) is 52.0 Å². The second kappa shape index (κ2) is 11.3. The molecule has 2 aromatic rings. The molecule has 0 bridgehead atoms. The Morgan fingerprint density at radius 3 is 2.67 bits per heavy atom. The molecule has 0 fully saturated rings. The fourth-order valence-corrected chi connectivity index (χ4v) is 3.05. The zero-order valence-electron chi connectivity index (χ0n) is 17.2. The molecule has 160 valence electrons. The third kappa shape index (κ3) is 7.51. The number of aromatic hydroxyl groups is 1. The summed E-state index contributed by atoms with van der Waals surface area (Å²) in [4.78, 5) is 24.8. The first kappa shape index (κ1) is 23.4. The Balaban J connectivity index is 1.95. The molecule has 2 amide bonds. The van der Waals surface area contributed by atoms with Gasteiger partial charge < -0.3 is 15.2 Å². The number of para-hydroxylation sites is 1. The van der Waals surface area contributed by atoms with Gasteiger partial charge in [0.1, 0.15) is 17.5 Å². The van der Waals surface area contributed by atoms with Crippen molar-refractivity contribution >= 4 is 34.0 Å². The average Bonchev–Trinajstić information content (AvgIpc) is 2.69. The van der Waals surface area contributed by atoms with Crippen LogP contribution in [0.25, 0.3) is 0 Å². The number of halogens is 1. The number of hydrazone groups is 1. The van der Waals surface area contributed by atoms with E-state index in [9.17, 15) is 14.7 Å². The maximum absolute atomic E-state index is 12.5. The number of amides is 2. The van der Waals surface area contributed by atoms with Crippen LogP contribution in [0.5, 0.6) is 11.5 Å². The Morgan fingerprint density at radius 2 is 1.97 bits per heavy atom. The molecule has 2 aromatic carbocycles. The molecule has 0 unspecified atom stereocenters. The monoisotopic (exact) mass is 475 g/mol. The van der Waals surface area contributed by atoms with Crippen molar-refractivity contribution in [3.8, 4) is 11.5 Å². The fourth-order valence-electron chi connectivity index (χ4n) is 2.67. The van der Waals surface area contributed by atoms with Gasteiger partial charge in [-0.05, 0) is 49.1 Å². The molecule has 0 aromatic heterocycles. The minimum Gasteiger partial charge on any atom is -0.507 e. The Bertz CT molecular complexity index is 915. The Kier molecular flexibility index (Phi) is 8.86. The predicted octanol–water partition coefficient (Wildman–Crippen LogP) is 3.52. The van der Waals surface area contributed by atoms with Gasteiger partial charge in [0.05, 0.1) is 6.21 Å². The van der Waals surface area contributed by atoms with E-state index in [1.54, 1.807) is 18.2 Å². The van der Waals surface area contributed by atoms with E-state index in [1.807, 2.05) is 39.0 Å². The molecule has 0 aliphatic carbocycles. The van der Waals surface area contributed by atoms with Crippen LogP contribution in [-0.4, -0.2) is 35.8 Å². The smallest absolute Gasteiger partial charge is 0.262 e. The van der Waals surface area contributed by atoms with Crippen molar-refractivity contribution in [1.29, 1.82) is 0 Å². The van der Waals surface area contributed by atoms with Crippen molar-refractivity contribution in [3.05, 3.63) is 58.1 Å². The third-order valence-electron chi connectivity index (χ3n) is 4.18. The van der Waals surface area contributed by atoms with E-state index >= 15 is 0 Å². The maximum Gasteiger partial charge on any atom is 0.262 e. The average molecular weight is 476 g/mol. The lowest BCUT2D eigenvalue weighted by Crippen LogP contribution is -2.47. The Labute approximate surface area is 184 Å². The molecular weight excluding hydrogens is 450 g/mol. The Hall–Kier alpha value is -2.87. The maximum atomic E-state index is 12.5. The van der Waals surface area contributed by atoms with Gasteiger partial charge in [0, 0.05) is 10.0 Å². The summed E-state index contributed by atoms with van der Waals surface area (Å²) >= 11 is 3.31. The van der Waals surface area contributed by atoms with Crippen molar-refractivity contribution in [2.45, 2.75) is 33.2 Å². The molecule has 0 heterocycles. The highest BCUT2D eigenvalue weighted by atomic mass is 79.9. The van der Waals surface area contributed by atoms with Gasteiger partial charge in [-0.15, -0.1) is 0 Å². The number of rotatable bonds is 9. The number of aryl methyl sites for hydroxylation is 1. The van der Waals surface area contributed by atoms with Gasteiger partial charge in [0.25, 0.3) is 11.8 Å². The van der Waals surface area contributed by atoms with E-state index in [0.717, 1.165) is 10.0 Å². The molecule has 0 radical (unpaired) electrons. The van der Waals surface area contributed by atoms with Crippen molar-refractivity contribution in [3.63, 3.8) is 0 Å².